The van der Waals surface area contributed by atoms with Crippen molar-refractivity contribution in [1.29, 1.82) is 0 Å². The Balaban J connectivity index is 1.56. The van der Waals surface area contributed by atoms with E-state index in [1.165, 1.54) is 11.6 Å². The summed E-state index contributed by atoms with van der Waals surface area (Å²) in [6.07, 6.45) is 2.73. The number of rotatable bonds is 3. The average Bonchev–Trinajstić information content (AvgIpc) is 3.19. The standard InChI is InChI=1S/C21H23FN2O/c1-15-13-16-7-3-5-10-19(16)24(15)21(25)20-11-6-12-23(20)14-17-8-2-4-9-18(17)22/h2-5,7-10,15,20H,6,11-14H2,1H3. The average molecular weight is 338 g/mol. The first kappa shape index (κ1) is 16.3. The van der Waals surface area contributed by atoms with Gasteiger partial charge in [-0.2, -0.15) is 0 Å². The number of anilines is 1. The number of carbonyl (C=O) groups excluding carboxylic acids is 1. The zero-order valence-corrected chi connectivity index (χ0v) is 14.5. The number of para-hydroxylation sites is 1. The molecule has 0 aliphatic carbocycles. The monoisotopic (exact) mass is 338 g/mol. The number of benzene rings is 2. The van der Waals surface area contributed by atoms with Gasteiger partial charge in [0, 0.05) is 23.8 Å². The molecule has 2 atom stereocenters. The fourth-order valence-corrected chi connectivity index (χ4v) is 4.20. The summed E-state index contributed by atoms with van der Waals surface area (Å²) in [6.45, 7) is 3.44. The first-order valence-corrected chi connectivity index (χ1v) is 9.03. The van der Waals surface area contributed by atoms with Crippen LogP contribution in [0.1, 0.15) is 30.9 Å². The minimum absolute atomic E-state index is 0.159. The van der Waals surface area contributed by atoms with E-state index < -0.39 is 0 Å². The fourth-order valence-electron chi connectivity index (χ4n) is 4.20. The third kappa shape index (κ3) is 2.95. The van der Waals surface area contributed by atoms with Crippen LogP contribution in [0, 0.1) is 5.82 Å². The highest BCUT2D eigenvalue weighted by Crippen LogP contribution is 2.34. The number of halogens is 1. The predicted molar refractivity (Wildman–Crippen MR) is 96.9 cm³/mol. The van der Waals surface area contributed by atoms with Gasteiger partial charge < -0.3 is 4.90 Å². The van der Waals surface area contributed by atoms with Crippen LogP contribution in [0.5, 0.6) is 0 Å². The summed E-state index contributed by atoms with van der Waals surface area (Å²) in [5.74, 6) is -0.0354. The smallest absolute Gasteiger partial charge is 0.244 e. The molecule has 4 heteroatoms. The van der Waals surface area contributed by atoms with Gasteiger partial charge in [0.2, 0.25) is 5.91 Å². The first-order valence-electron chi connectivity index (χ1n) is 9.03. The Morgan fingerprint density at radius 1 is 1.16 bits per heavy atom. The topological polar surface area (TPSA) is 23.6 Å². The maximum Gasteiger partial charge on any atom is 0.244 e. The highest BCUT2D eigenvalue weighted by molar-refractivity contribution is 5.99. The number of carbonyl (C=O) groups is 1. The van der Waals surface area contributed by atoms with Crippen molar-refractivity contribution >= 4 is 11.6 Å². The van der Waals surface area contributed by atoms with Gasteiger partial charge in [-0.25, -0.2) is 4.39 Å². The minimum Gasteiger partial charge on any atom is -0.308 e. The van der Waals surface area contributed by atoms with Crippen LogP contribution in [-0.2, 0) is 17.8 Å². The van der Waals surface area contributed by atoms with Gasteiger partial charge in [-0.1, -0.05) is 36.4 Å². The van der Waals surface area contributed by atoms with E-state index in [1.807, 2.05) is 35.2 Å². The second kappa shape index (κ2) is 6.60. The van der Waals surface area contributed by atoms with Crippen LogP contribution in [-0.4, -0.2) is 29.4 Å². The van der Waals surface area contributed by atoms with Crippen LogP contribution in [0.4, 0.5) is 10.1 Å². The number of fused-ring (bicyclic) bond motifs is 1. The Bertz CT molecular complexity index is 791. The molecule has 2 aromatic rings. The van der Waals surface area contributed by atoms with Crippen molar-refractivity contribution < 1.29 is 9.18 Å². The zero-order chi connectivity index (χ0) is 17.4. The molecular weight excluding hydrogens is 315 g/mol. The maximum atomic E-state index is 14.0. The third-order valence-electron chi connectivity index (χ3n) is 5.42. The molecule has 4 rings (SSSR count). The van der Waals surface area contributed by atoms with Crippen LogP contribution in [0.3, 0.4) is 0 Å². The van der Waals surface area contributed by atoms with Crippen molar-refractivity contribution in [3.63, 3.8) is 0 Å². The highest BCUT2D eigenvalue weighted by atomic mass is 19.1. The predicted octanol–water partition coefficient (Wildman–Crippen LogP) is 3.77. The number of likely N-dealkylation sites (tertiary alicyclic amines) is 1. The van der Waals surface area contributed by atoms with E-state index in [-0.39, 0.29) is 23.8 Å². The quantitative estimate of drug-likeness (QED) is 0.850. The molecule has 2 aromatic carbocycles. The van der Waals surface area contributed by atoms with Gasteiger partial charge >= 0.3 is 0 Å². The lowest BCUT2D eigenvalue weighted by atomic mass is 10.1. The lowest BCUT2D eigenvalue weighted by Gasteiger charge is -2.30. The van der Waals surface area contributed by atoms with Crippen LogP contribution >= 0.6 is 0 Å². The van der Waals surface area contributed by atoms with Gasteiger partial charge in [0.25, 0.3) is 0 Å². The van der Waals surface area contributed by atoms with Crippen LogP contribution < -0.4 is 4.90 Å². The number of hydrogen-bond acceptors (Lipinski definition) is 2. The highest BCUT2D eigenvalue weighted by Gasteiger charge is 2.39. The lowest BCUT2D eigenvalue weighted by molar-refractivity contribution is -0.123. The Morgan fingerprint density at radius 2 is 1.92 bits per heavy atom. The molecule has 2 aliphatic rings. The van der Waals surface area contributed by atoms with E-state index in [1.54, 1.807) is 6.07 Å². The molecule has 0 saturated carbocycles. The summed E-state index contributed by atoms with van der Waals surface area (Å²) in [6, 6.07) is 15.0. The number of amides is 1. The molecule has 130 valence electrons. The molecule has 3 nitrogen and oxygen atoms in total. The summed E-state index contributed by atoms with van der Waals surface area (Å²) in [7, 11) is 0. The molecule has 25 heavy (non-hydrogen) atoms. The normalized spacial score (nSPS) is 23.0. The van der Waals surface area contributed by atoms with E-state index in [2.05, 4.69) is 17.9 Å². The molecule has 1 fully saturated rings. The van der Waals surface area contributed by atoms with Gasteiger partial charge in [0.15, 0.2) is 0 Å². The molecule has 2 aliphatic heterocycles. The maximum absolute atomic E-state index is 14.0. The van der Waals surface area contributed by atoms with Gasteiger partial charge in [-0.05, 0) is 50.4 Å². The third-order valence-corrected chi connectivity index (χ3v) is 5.42. The Morgan fingerprint density at radius 3 is 2.76 bits per heavy atom. The summed E-state index contributed by atoms with van der Waals surface area (Å²) in [4.78, 5) is 17.4. The van der Waals surface area contributed by atoms with Crippen LogP contribution in [0.25, 0.3) is 0 Å². The molecule has 2 heterocycles. The van der Waals surface area contributed by atoms with Crippen LogP contribution in [0.2, 0.25) is 0 Å². The molecule has 1 saturated heterocycles. The first-order chi connectivity index (χ1) is 12.1. The van der Waals surface area contributed by atoms with Crippen LogP contribution in [0.15, 0.2) is 48.5 Å². The Hall–Kier alpha value is -2.20. The summed E-state index contributed by atoms with van der Waals surface area (Å²) < 4.78 is 14.0. The molecule has 2 unspecified atom stereocenters. The van der Waals surface area contributed by atoms with Gasteiger partial charge in [0.05, 0.1) is 6.04 Å². The van der Waals surface area contributed by atoms with Gasteiger partial charge in [-0.15, -0.1) is 0 Å². The van der Waals surface area contributed by atoms with Crippen molar-refractivity contribution in [2.45, 2.75) is 44.8 Å². The van der Waals surface area contributed by atoms with Crippen molar-refractivity contribution in [1.82, 2.24) is 4.90 Å². The van der Waals surface area contributed by atoms with E-state index in [9.17, 15) is 9.18 Å². The van der Waals surface area contributed by atoms with Crippen molar-refractivity contribution in [2.24, 2.45) is 0 Å². The molecule has 0 N–H and O–H groups in total. The van der Waals surface area contributed by atoms with Crippen molar-refractivity contribution in [3.8, 4) is 0 Å². The van der Waals surface area contributed by atoms with Crippen molar-refractivity contribution in [2.75, 3.05) is 11.4 Å². The SMILES string of the molecule is CC1Cc2ccccc2N1C(=O)C1CCCN1Cc1ccccc1F. The lowest BCUT2D eigenvalue weighted by Crippen LogP contribution is -2.47. The van der Waals surface area contributed by atoms with Gasteiger partial charge in [0.1, 0.15) is 5.82 Å². The second-order valence-electron chi connectivity index (χ2n) is 7.11. The molecular formula is C21H23FN2O. The summed E-state index contributed by atoms with van der Waals surface area (Å²) in [5, 5.41) is 0. The van der Waals surface area contributed by atoms with E-state index in [0.717, 1.165) is 31.5 Å². The molecule has 0 bridgehead atoms. The largest absolute Gasteiger partial charge is 0.308 e. The fraction of sp³-hybridized carbons (Fsp3) is 0.381. The number of nitrogens with zero attached hydrogens (tertiary/aromatic N) is 2. The molecule has 1 amide bonds. The van der Waals surface area contributed by atoms with Gasteiger partial charge in [-0.3, -0.25) is 9.69 Å². The summed E-state index contributed by atoms with van der Waals surface area (Å²) in [5.41, 5.74) is 2.94. The number of hydrogen-bond donors (Lipinski definition) is 0. The van der Waals surface area contributed by atoms with E-state index in [4.69, 9.17) is 0 Å². The second-order valence-corrected chi connectivity index (χ2v) is 7.11. The molecule has 0 spiro atoms. The summed E-state index contributed by atoms with van der Waals surface area (Å²) >= 11 is 0. The minimum atomic E-state index is -0.194. The Kier molecular flexibility index (Phi) is 4.30. The molecule has 0 aromatic heterocycles. The zero-order valence-electron chi connectivity index (χ0n) is 14.5. The van der Waals surface area contributed by atoms with E-state index in [0.29, 0.717) is 12.1 Å². The van der Waals surface area contributed by atoms with E-state index >= 15 is 0 Å². The molecule has 0 radical (unpaired) electrons. The Labute approximate surface area is 148 Å². The van der Waals surface area contributed by atoms with Crippen molar-refractivity contribution in [3.05, 3.63) is 65.5 Å².